The number of aromatic nitrogens is 4. The summed E-state index contributed by atoms with van der Waals surface area (Å²) in [6.45, 7) is 0.211. The summed E-state index contributed by atoms with van der Waals surface area (Å²) in [5, 5.41) is 22.9. The number of nitrogens with two attached hydrogens (primary N) is 1. The Hall–Kier alpha value is -2.39. The van der Waals surface area contributed by atoms with E-state index in [-0.39, 0.29) is 53.0 Å². The molecule has 0 saturated carbocycles. The van der Waals surface area contributed by atoms with Crippen LogP contribution in [0.3, 0.4) is 0 Å². The van der Waals surface area contributed by atoms with Crippen molar-refractivity contribution in [1.82, 2.24) is 25.1 Å². The van der Waals surface area contributed by atoms with Crippen LogP contribution in [0.5, 0.6) is 0 Å². The van der Waals surface area contributed by atoms with Crippen molar-refractivity contribution in [2.45, 2.75) is 23.1 Å². The Balaban J connectivity index is 0.000000256. The monoisotopic (exact) mass is 514 g/mol. The van der Waals surface area contributed by atoms with Gasteiger partial charge in [-0.3, -0.25) is 19.3 Å². The van der Waals surface area contributed by atoms with E-state index in [2.05, 4.69) is 20.3 Å². The number of hydrogen-bond donors (Lipinski definition) is 1. The summed E-state index contributed by atoms with van der Waals surface area (Å²) in [5.74, 6) is -1.14. The van der Waals surface area contributed by atoms with Gasteiger partial charge >= 0.3 is 29.6 Å². The Bertz CT molecular complexity index is 1080. The topological polar surface area (TPSA) is 173 Å². The van der Waals surface area contributed by atoms with Crippen molar-refractivity contribution in [3.05, 3.63) is 47.2 Å². The fourth-order valence-corrected chi connectivity index (χ4v) is 5.32. The number of β-lactam (4-membered cyclic amide) rings is 1. The number of amides is 2. The quantitative estimate of drug-likeness (QED) is 0.157. The maximum absolute atomic E-state index is 11.6. The van der Waals surface area contributed by atoms with Crippen LogP contribution < -0.4 is 40.4 Å². The second-order valence-corrected chi connectivity index (χ2v) is 8.88. The molecule has 2 aliphatic rings. The minimum Gasteiger partial charge on any atom is -0.543 e. The average Bonchev–Trinajstić information content (AvgIpc) is 3.20. The Morgan fingerprint density at radius 1 is 1.38 bits per heavy atom. The molecule has 1 aromatic heterocycles. The summed E-state index contributed by atoms with van der Waals surface area (Å²) in [6.07, 6.45) is -0.589. The number of aliphatic carboxylic acids is 1. The van der Waals surface area contributed by atoms with Gasteiger partial charge in [0.1, 0.15) is 0 Å². The van der Waals surface area contributed by atoms with Crippen LogP contribution in [0, 0.1) is 0 Å². The van der Waals surface area contributed by atoms with Crippen LogP contribution in [0.1, 0.15) is 18.1 Å². The zero-order valence-electron chi connectivity index (χ0n) is 18.3. The van der Waals surface area contributed by atoms with Crippen molar-refractivity contribution >= 4 is 47.8 Å². The molecule has 2 atom stereocenters. The largest absolute Gasteiger partial charge is 1.00 e. The molecule has 0 radical (unpaired) electrons. The van der Waals surface area contributed by atoms with Gasteiger partial charge in [-0.15, -0.1) is 16.9 Å². The van der Waals surface area contributed by atoms with Gasteiger partial charge < -0.3 is 20.4 Å². The third-order valence-electron chi connectivity index (χ3n) is 4.63. The average molecular weight is 515 g/mol. The van der Waals surface area contributed by atoms with E-state index in [1.54, 1.807) is 49.1 Å². The fraction of sp³-hybridized carbons (Fsp3) is 0.316. The third kappa shape index (κ3) is 6.60. The number of rotatable bonds is 8. The number of benzene rings is 1. The van der Waals surface area contributed by atoms with Gasteiger partial charge in [0.2, 0.25) is 17.2 Å². The number of carbonyl (C=O) groups is 4. The molecule has 2 aromatic rings. The fourth-order valence-electron chi connectivity index (χ4n) is 3.07. The first-order chi connectivity index (χ1) is 15.8. The Kier molecular flexibility index (Phi) is 10.6. The van der Waals surface area contributed by atoms with Gasteiger partial charge in [0.15, 0.2) is 0 Å². The van der Waals surface area contributed by atoms with E-state index in [1.165, 1.54) is 21.3 Å². The summed E-state index contributed by atoms with van der Waals surface area (Å²) in [4.78, 5) is 45.1. The van der Waals surface area contributed by atoms with Crippen LogP contribution in [0.25, 0.3) is 0 Å². The van der Waals surface area contributed by atoms with Crippen molar-refractivity contribution in [1.29, 1.82) is 0 Å². The van der Waals surface area contributed by atoms with Crippen molar-refractivity contribution in [2.75, 3.05) is 11.5 Å². The van der Waals surface area contributed by atoms with Crippen LogP contribution in [-0.4, -0.2) is 66.2 Å². The predicted octanol–water partition coefficient (Wildman–Crippen LogP) is -4.00. The van der Waals surface area contributed by atoms with Crippen LogP contribution in [0.15, 0.2) is 46.8 Å². The zero-order valence-corrected chi connectivity index (χ0v) is 22.0. The molecule has 0 spiro atoms. The molecule has 2 aliphatic heterocycles. The first-order valence-electron chi connectivity index (χ1n) is 9.49. The molecule has 1 saturated heterocycles. The maximum atomic E-state index is 11.6. The molecule has 2 amide bonds. The summed E-state index contributed by atoms with van der Waals surface area (Å²) < 4.78 is 6.05. The number of aryl methyl sites for hydroxylation is 1. The van der Waals surface area contributed by atoms with E-state index in [9.17, 15) is 24.3 Å². The van der Waals surface area contributed by atoms with E-state index < -0.39 is 18.0 Å². The van der Waals surface area contributed by atoms with Crippen LogP contribution in [-0.2, 0) is 31.0 Å². The van der Waals surface area contributed by atoms with Gasteiger partial charge in [0, 0.05) is 24.1 Å². The predicted molar refractivity (Wildman–Crippen MR) is 115 cm³/mol. The van der Waals surface area contributed by atoms with Crippen LogP contribution in [0.4, 0.5) is 0 Å². The number of nitrogens with zero attached hydrogens (tertiary/aromatic N) is 5. The molecule has 15 heteroatoms. The normalized spacial score (nSPS) is 17.3. The summed E-state index contributed by atoms with van der Waals surface area (Å²) in [6, 6.07) is 8.60. The molecular weight excluding hydrogens is 495 g/mol. The van der Waals surface area contributed by atoms with Crippen molar-refractivity contribution in [3.8, 4) is 0 Å². The number of fused-ring (bicyclic) bond motifs is 1. The molecule has 12 nitrogen and oxygen atoms in total. The van der Waals surface area contributed by atoms with Crippen molar-refractivity contribution in [3.63, 3.8) is 0 Å². The van der Waals surface area contributed by atoms with E-state index >= 15 is 0 Å². The van der Waals surface area contributed by atoms with Crippen molar-refractivity contribution in [2.24, 2.45) is 12.8 Å². The summed E-state index contributed by atoms with van der Waals surface area (Å²) in [5.41, 5.74) is 6.30. The molecule has 0 bridgehead atoms. The SMILES string of the molecule is Cn1nnnc1SCC1=C(C(=O)[O-])N2C(=O)C[C@H]2SC1.NC(=O)C(OC=O)c1ccccc1.[Na+]. The molecule has 1 unspecified atom stereocenters. The molecule has 4 rings (SSSR count). The number of thioether (sulfide) groups is 2. The number of carboxylic acids is 1. The number of carbonyl (C=O) groups excluding carboxylic acids is 4. The van der Waals surface area contributed by atoms with Gasteiger partial charge in [-0.05, 0) is 16.0 Å². The molecule has 174 valence electrons. The molecule has 1 fully saturated rings. The van der Waals surface area contributed by atoms with Gasteiger partial charge in [0.05, 0.1) is 23.5 Å². The van der Waals surface area contributed by atoms with Gasteiger partial charge in [-0.1, -0.05) is 42.1 Å². The number of carboxylic acid groups (broad SMARTS) is 1. The summed E-state index contributed by atoms with van der Waals surface area (Å²) in [7, 11) is 1.71. The Morgan fingerprint density at radius 2 is 2.09 bits per heavy atom. The second kappa shape index (κ2) is 12.9. The minimum atomic E-state index is -1.30. The molecular formula is C19H19N6NaO6S2. The van der Waals surface area contributed by atoms with Gasteiger partial charge in [-0.25, -0.2) is 4.68 Å². The molecule has 1 aromatic carbocycles. The van der Waals surface area contributed by atoms with E-state index in [0.29, 0.717) is 34.2 Å². The van der Waals surface area contributed by atoms with E-state index in [1.807, 2.05) is 0 Å². The Labute approximate surface area is 224 Å². The second-order valence-electron chi connectivity index (χ2n) is 6.77. The number of ether oxygens (including phenoxy) is 1. The van der Waals surface area contributed by atoms with Crippen LogP contribution >= 0.6 is 23.5 Å². The first kappa shape index (κ1) is 27.9. The minimum absolute atomic E-state index is 0. The maximum Gasteiger partial charge on any atom is 1.00 e. The first-order valence-corrected chi connectivity index (χ1v) is 11.5. The molecule has 0 aliphatic carbocycles. The summed E-state index contributed by atoms with van der Waals surface area (Å²) >= 11 is 2.91. The molecule has 34 heavy (non-hydrogen) atoms. The van der Waals surface area contributed by atoms with Crippen LogP contribution in [0.2, 0.25) is 0 Å². The number of hydrogen-bond acceptors (Lipinski definition) is 11. The van der Waals surface area contributed by atoms with Gasteiger partial charge in [0.25, 0.3) is 12.4 Å². The molecule has 3 heterocycles. The molecule has 2 N–H and O–H groups in total. The van der Waals surface area contributed by atoms with E-state index in [4.69, 9.17) is 5.73 Å². The number of tetrazole rings is 1. The van der Waals surface area contributed by atoms with Gasteiger partial charge in [-0.2, -0.15) is 0 Å². The smallest absolute Gasteiger partial charge is 0.543 e. The van der Waals surface area contributed by atoms with E-state index in [0.717, 1.165) is 0 Å². The van der Waals surface area contributed by atoms with Crippen molar-refractivity contribution < 1.29 is 58.6 Å². The zero-order chi connectivity index (χ0) is 24.0. The Morgan fingerprint density at radius 3 is 2.62 bits per heavy atom. The third-order valence-corrected chi connectivity index (χ3v) is 7.01. The number of primary amides is 1. The standard InChI is InChI=1S/C10H11N5O3S2.C9H9NO3.Na/c1-14-10(11-12-13-14)20-4-5-3-19-7-2-6(16)15(7)8(5)9(17)18;10-9(12)8(13-6-11)7-4-2-1-3-5-7;/h7H,2-4H2,1H3,(H,17,18);1-6,8H,(H2,10,12);/q;;+1/p-1/t7-;;/m1../s1.